The summed E-state index contributed by atoms with van der Waals surface area (Å²) in [5, 5.41) is 3.38. The van der Waals surface area contributed by atoms with Crippen molar-refractivity contribution in [1.29, 1.82) is 0 Å². The van der Waals surface area contributed by atoms with Crippen LogP contribution in [0.4, 0.5) is 0 Å². The van der Waals surface area contributed by atoms with Crippen molar-refractivity contribution in [2.45, 2.75) is 6.04 Å². The van der Waals surface area contributed by atoms with Gasteiger partial charge in [-0.2, -0.15) is 0 Å². The lowest BCUT2D eigenvalue weighted by Gasteiger charge is -2.20. The van der Waals surface area contributed by atoms with Crippen LogP contribution in [0.1, 0.15) is 5.56 Å². The zero-order chi connectivity index (χ0) is 10.5. The molecule has 3 heteroatoms. The van der Waals surface area contributed by atoms with Crippen molar-refractivity contribution < 1.29 is 4.74 Å². The van der Waals surface area contributed by atoms with Gasteiger partial charge in [0.15, 0.2) is 0 Å². The van der Waals surface area contributed by atoms with E-state index in [0.717, 1.165) is 24.2 Å². The lowest BCUT2D eigenvalue weighted by molar-refractivity contribution is 0.0903. The van der Waals surface area contributed by atoms with Gasteiger partial charge < -0.3 is 10.1 Å². The Morgan fingerprint density at radius 2 is 2.40 bits per heavy atom. The smallest absolute Gasteiger partial charge is 0.0656 e. The Bertz CT molecular complexity index is 345. The largest absolute Gasteiger partial charge is 0.378 e. The fourth-order valence-electron chi connectivity index (χ4n) is 1.55. The van der Waals surface area contributed by atoms with E-state index in [2.05, 4.69) is 45.5 Å². The van der Waals surface area contributed by atoms with Crippen LogP contribution in [0, 0.1) is 0 Å². The molecular formula is C12H14BrNO. The van der Waals surface area contributed by atoms with Gasteiger partial charge in [0.25, 0.3) is 0 Å². The standard InChI is InChI=1S/C12H14BrNO/c13-11-3-1-2-10(8-11)4-5-12-9-15-7-6-14-12/h1-5,8,12,14H,6-7,9H2/b5-4+. The van der Waals surface area contributed by atoms with E-state index in [0.29, 0.717) is 6.04 Å². The van der Waals surface area contributed by atoms with Crippen molar-refractivity contribution in [3.05, 3.63) is 40.4 Å². The Labute approximate surface area is 98.5 Å². The minimum atomic E-state index is 0.345. The van der Waals surface area contributed by atoms with E-state index < -0.39 is 0 Å². The maximum absolute atomic E-state index is 5.37. The van der Waals surface area contributed by atoms with Crippen LogP contribution in [0.5, 0.6) is 0 Å². The van der Waals surface area contributed by atoms with Crippen molar-refractivity contribution >= 4 is 22.0 Å². The molecule has 1 saturated heterocycles. The molecular weight excluding hydrogens is 254 g/mol. The van der Waals surface area contributed by atoms with Crippen molar-refractivity contribution in [2.24, 2.45) is 0 Å². The van der Waals surface area contributed by atoms with Gasteiger partial charge in [0.1, 0.15) is 0 Å². The highest BCUT2D eigenvalue weighted by molar-refractivity contribution is 9.10. The van der Waals surface area contributed by atoms with E-state index in [4.69, 9.17) is 4.74 Å². The van der Waals surface area contributed by atoms with Crippen LogP contribution >= 0.6 is 15.9 Å². The summed E-state index contributed by atoms with van der Waals surface area (Å²) in [6.07, 6.45) is 4.28. The third-order valence-corrected chi connectivity index (χ3v) is 2.81. The van der Waals surface area contributed by atoms with Crippen molar-refractivity contribution in [1.82, 2.24) is 5.32 Å². The number of rotatable bonds is 2. The van der Waals surface area contributed by atoms with Crippen molar-refractivity contribution in [3.8, 4) is 0 Å². The Morgan fingerprint density at radius 1 is 1.47 bits per heavy atom. The Morgan fingerprint density at radius 3 is 3.13 bits per heavy atom. The van der Waals surface area contributed by atoms with Crippen LogP contribution in [-0.2, 0) is 4.74 Å². The van der Waals surface area contributed by atoms with Crippen LogP contribution in [0.25, 0.3) is 6.08 Å². The minimum absolute atomic E-state index is 0.345. The predicted octanol–water partition coefficient (Wildman–Crippen LogP) is 2.45. The molecule has 0 bridgehead atoms. The molecule has 0 aromatic heterocycles. The number of nitrogens with one attached hydrogen (secondary N) is 1. The average Bonchev–Trinajstić information content (AvgIpc) is 2.28. The third-order valence-electron chi connectivity index (χ3n) is 2.32. The Kier molecular flexibility index (Phi) is 3.94. The topological polar surface area (TPSA) is 21.3 Å². The van der Waals surface area contributed by atoms with Crippen LogP contribution in [0.2, 0.25) is 0 Å². The van der Waals surface area contributed by atoms with E-state index in [9.17, 15) is 0 Å². The SMILES string of the molecule is Brc1cccc(/C=C/C2COCCN2)c1. The fraction of sp³-hybridized carbons (Fsp3) is 0.333. The number of benzene rings is 1. The average molecular weight is 268 g/mol. The van der Waals surface area contributed by atoms with Gasteiger partial charge in [-0.15, -0.1) is 0 Å². The first-order valence-electron chi connectivity index (χ1n) is 5.09. The van der Waals surface area contributed by atoms with Gasteiger partial charge in [0.2, 0.25) is 0 Å². The molecule has 0 amide bonds. The molecule has 1 unspecified atom stereocenters. The van der Waals surface area contributed by atoms with E-state index in [1.54, 1.807) is 0 Å². The monoisotopic (exact) mass is 267 g/mol. The number of hydrogen-bond acceptors (Lipinski definition) is 2. The summed E-state index contributed by atoms with van der Waals surface area (Å²) < 4.78 is 6.48. The van der Waals surface area contributed by atoms with Crippen molar-refractivity contribution in [2.75, 3.05) is 19.8 Å². The zero-order valence-electron chi connectivity index (χ0n) is 8.45. The number of hydrogen-bond donors (Lipinski definition) is 1. The van der Waals surface area contributed by atoms with E-state index in [1.165, 1.54) is 5.56 Å². The lowest BCUT2D eigenvalue weighted by atomic mass is 10.1. The first-order chi connectivity index (χ1) is 7.34. The molecule has 1 aliphatic heterocycles. The molecule has 80 valence electrons. The molecule has 0 aliphatic carbocycles. The molecule has 0 spiro atoms. The highest BCUT2D eigenvalue weighted by Crippen LogP contribution is 2.13. The van der Waals surface area contributed by atoms with Crippen molar-refractivity contribution in [3.63, 3.8) is 0 Å². The first-order valence-corrected chi connectivity index (χ1v) is 5.89. The molecule has 1 aromatic rings. The van der Waals surface area contributed by atoms with E-state index in [-0.39, 0.29) is 0 Å². The lowest BCUT2D eigenvalue weighted by Crippen LogP contribution is -2.39. The summed E-state index contributed by atoms with van der Waals surface area (Å²) in [5.41, 5.74) is 1.21. The van der Waals surface area contributed by atoms with Gasteiger partial charge in [0, 0.05) is 17.1 Å². The van der Waals surface area contributed by atoms with Gasteiger partial charge in [-0.25, -0.2) is 0 Å². The molecule has 2 nitrogen and oxygen atoms in total. The Hall–Kier alpha value is -0.640. The maximum Gasteiger partial charge on any atom is 0.0656 e. The summed E-state index contributed by atoms with van der Waals surface area (Å²) in [6.45, 7) is 2.53. The first kappa shape index (κ1) is 10.9. The molecule has 1 N–H and O–H groups in total. The Balaban J connectivity index is 1.97. The van der Waals surface area contributed by atoms with Gasteiger partial charge in [-0.05, 0) is 17.7 Å². The predicted molar refractivity (Wildman–Crippen MR) is 65.8 cm³/mol. The second-order valence-corrected chi connectivity index (χ2v) is 4.47. The number of morpholine rings is 1. The highest BCUT2D eigenvalue weighted by Gasteiger charge is 2.08. The summed E-state index contributed by atoms with van der Waals surface area (Å²) >= 11 is 3.45. The summed E-state index contributed by atoms with van der Waals surface area (Å²) in [6, 6.07) is 8.59. The molecule has 1 atom stereocenters. The van der Waals surface area contributed by atoms with Crippen LogP contribution in [0.3, 0.4) is 0 Å². The maximum atomic E-state index is 5.37. The second kappa shape index (κ2) is 5.45. The summed E-state index contributed by atoms with van der Waals surface area (Å²) in [4.78, 5) is 0. The van der Waals surface area contributed by atoms with Crippen LogP contribution in [-0.4, -0.2) is 25.8 Å². The molecule has 1 aliphatic rings. The quantitative estimate of drug-likeness (QED) is 0.889. The molecule has 2 rings (SSSR count). The van der Waals surface area contributed by atoms with Gasteiger partial charge >= 0.3 is 0 Å². The van der Waals surface area contributed by atoms with Gasteiger partial charge in [0.05, 0.1) is 13.2 Å². The number of halogens is 1. The third kappa shape index (κ3) is 3.45. The second-order valence-electron chi connectivity index (χ2n) is 3.55. The number of ether oxygens (including phenoxy) is 1. The highest BCUT2D eigenvalue weighted by atomic mass is 79.9. The zero-order valence-corrected chi connectivity index (χ0v) is 10.0. The molecule has 1 heterocycles. The van der Waals surface area contributed by atoms with Crippen LogP contribution < -0.4 is 5.32 Å². The summed E-state index contributed by atoms with van der Waals surface area (Å²) in [7, 11) is 0. The van der Waals surface area contributed by atoms with E-state index >= 15 is 0 Å². The van der Waals surface area contributed by atoms with Gasteiger partial charge in [-0.3, -0.25) is 0 Å². The molecule has 0 saturated carbocycles. The van der Waals surface area contributed by atoms with Gasteiger partial charge in [-0.1, -0.05) is 40.2 Å². The normalized spacial score (nSPS) is 22.1. The fourth-order valence-corrected chi connectivity index (χ4v) is 1.96. The minimum Gasteiger partial charge on any atom is -0.378 e. The molecule has 0 radical (unpaired) electrons. The van der Waals surface area contributed by atoms with E-state index in [1.807, 2.05) is 12.1 Å². The van der Waals surface area contributed by atoms with Crippen LogP contribution in [0.15, 0.2) is 34.8 Å². The molecule has 1 fully saturated rings. The summed E-state index contributed by atoms with van der Waals surface area (Å²) in [5.74, 6) is 0. The molecule has 15 heavy (non-hydrogen) atoms. The molecule has 1 aromatic carbocycles.